The van der Waals surface area contributed by atoms with Crippen molar-refractivity contribution in [2.45, 2.75) is 26.4 Å². The molecule has 0 unspecified atom stereocenters. The van der Waals surface area contributed by atoms with E-state index in [4.69, 9.17) is 5.10 Å². The van der Waals surface area contributed by atoms with E-state index in [2.05, 4.69) is 5.32 Å². The lowest BCUT2D eigenvalue weighted by Gasteiger charge is -2.31. The van der Waals surface area contributed by atoms with Gasteiger partial charge in [-0.05, 0) is 73.5 Å². The van der Waals surface area contributed by atoms with Crippen LogP contribution in [0.25, 0.3) is 11.5 Å². The number of anilines is 1. The topological polar surface area (TPSA) is 55.1 Å². The zero-order valence-electron chi connectivity index (χ0n) is 20.9. The minimum atomic E-state index is -0.545. The van der Waals surface area contributed by atoms with Crippen LogP contribution in [0.15, 0.2) is 91.1 Å². The summed E-state index contributed by atoms with van der Waals surface area (Å²) in [6.45, 7) is 3.83. The second-order valence-corrected chi connectivity index (χ2v) is 9.41. The second kappa shape index (κ2) is 9.30. The molecule has 2 aromatic heterocycles. The number of benzene rings is 3. The molecule has 190 valence electrons. The molecule has 1 aliphatic rings. The van der Waals surface area contributed by atoms with Gasteiger partial charge < -0.3 is 14.8 Å². The number of carbonyl (C=O) groups excluding carboxylic acids is 1. The summed E-state index contributed by atoms with van der Waals surface area (Å²) in [5.74, 6) is 0.0742. The van der Waals surface area contributed by atoms with E-state index in [9.17, 15) is 13.6 Å². The lowest BCUT2D eigenvalue weighted by Crippen LogP contribution is -2.38. The Labute approximate surface area is 218 Å². The van der Waals surface area contributed by atoms with Gasteiger partial charge in [0.15, 0.2) is 0 Å². The Morgan fingerprint density at radius 3 is 2.45 bits per heavy atom. The van der Waals surface area contributed by atoms with Gasteiger partial charge >= 0.3 is 6.03 Å². The number of aromatic nitrogens is 3. The van der Waals surface area contributed by atoms with E-state index in [1.54, 1.807) is 36.1 Å². The van der Waals surface area contributed by atoms with E-state index in [1.807, 2.05) is 64.8 Å². The Hall–Kier alpha value is -4.72. The predicted octanol–water partition coefficient (Wildman–Crippen LogP) is 6.70. The number of aryl methyl sites for hydroxylation is 2. The third kappa shape index (κ3) is 4.04. The highest BCUT2D eigenvalue weighted by Gasteiger charge is 2.36. The predicted molar refractivity (Wildman–Crippen MR) is 142 cm³/mol. The van der Waals surface area contributed by atoms with Crippen molar-refractivity contribution in [3.8, 4) is 11.5 Å². The molecule has 0 bridgehead atoms. The van der Waals surface area contributed by atoms with Gasteiger partial charge in [0.05, 0.1) is 29.7 Å². The normalized spacial score (nSPS) is 14.5. The first-order valence-electron chi connectivity index (χ1n) is 12.3. The molecule has 1 aliphatic heterocycles. The van der Waals surface area contributed by atoms with Crippen LogP contribution in [0.3, 0.4) is 0 Å². The monoisotopic (exact) mass is 509 g/mol. The summed E-state index contributed by atoms with van der Waals surface area (Å²) < 4.78 is 32.1. The summed E-state index contributed by atoms with van der Waals surface area (Å²) in [7, 11) is 0. The molecule has 5 aromatic rings. The van der Waals surface area contributed by atoms with Crippen molar-refractivity contribution in [1.29, 1.82) is 0 Å². The Balaban J connectivity index is 1.52. The molecule has 2 amide bonds. The number of carbonyl (C=O) groups is 1. The molecule has 8 heteroatoms. The molecule has 0 radical (unpaired) electrons. The Morgan fingerprint density at radius 2 is 1.71 bits per heavy atom. The van der Waals surface area contributed by atoms with Gasteiger partial charge in [0.2, 0.25) is 0 Å². The fraction of sp³-hybridized carbons (Fsp3) is 0.133. The number of amides is 2. The smallest absolute Gasteiger partial charge is 0.308 e. The Kier molecular flexibility index (Phi) is 5.79. The standard InChI is InChI=1S/C30H25F2N5O/c1-19-10-15-23(17-26(19)32)33-30(38)36-18-25-20(2)34-37(24-7-4-3-5-8-24)29(25)35-16-6-9-27(35)28(36)21-11-13-22(31)14-12-21/h3-17,28H,18H2,1-2H3,(H,33,38)/t28-/m0/s1. The number of fused-ring (bicyclic) bond motifs is 3. The molecule has 3 aromatic carbocycles. The van der Waals surface area contributed by atoms with Crippen molar-refractivity contribution in [3.05, 3.63) is 131 Å². The summed E-state index contributed by atoms with van der Waals surface area (Å²) in [5, 5.41) is 7.70. The van der Waals surface area contributed by atoms with Crippen molar-refractivity contribution >= 4 is 11.7 Å². The lowest BCUT2D eigenvalue weighted by atomic mass is 10.0. The maximum Gasteiger partial charge on any atom is 0.322 e. The molecule has 3 heterocycles. The highest BCUT2D eigenvalue weighted by molar-refractivity contribution is 5.90. The quantitative estimate of drug-likeness (QED) is 0.294. The Morgan fingerprint density at radius 1 is 0.947 bits per heavy atom. The van der Waals surface area contributed by atoms with Crippen LogP contribution in [-0.4, -0.2) is 25.3 Å². The zero-order chi connectivity index (χ0) is 26.4. The average molecular weight is 510 g/mol. The molecular formula is C30H25F2N5O. The molecule has 0 aliphatic carbocycles. The molecule has 0 fully saturated rings. The summed E-state index contributed by atoms with van der Waals surface area (Å²) in [6.07, 6.45) is 1.95. The number of nitrogens with zero attached hydrogens (tertiary/aromatic N) is 4. The average Bonchev–Trinajstić information content (AvgIpc) is 3.48. The van der Waals surface area contributed by atoms with Gasteiger partial charge in [0.25, 0.3) is 0 Å². The van der Waals surface area contributed by atoms with Crippen LogP contribution >= 0.6 is 0 Å². The van der Waals surface area contributed by atoms with Crippen molar-refractivity contribution in [1.82, 2.24) is 19.2 Å². The molecule has 1 N–H and O–H groups in total. The van der Waals surface area contributed by atoms with Crippen molar-refractivity contribution in [3.63, 3.8) is 0 Å². The van der Waals surface area contributed by atoms with E-state index < -0.39 is 17.9 Å². The van der Waals surface area contributed by atoms with E-state index >= 15 is 0 Å². The molecule has 6 rings (SSSR count). The largest absolute Gasteiger partial charge is 0.322 e. The van der Waals surface area contributed by atoms with Gasteiger partial charge in [-0.3, -0.25) is 0 Å². The number of hydrogen-bond acceptors (Lipinski definition) is 2. The van der Waals surface area contributed by atoms with E-state index in [0.717, 1.165) is 34.0 Å². The Bertz CT molecular complexity index is 1640. The molecule has 1 atom stereocenters. The van der Waals surface area contributed by atoms with E-state index in [0.29, 0.717) is 11.3 Å². The second-order valence-electron chi connectivity index (χ2n) is 9.41. The highest BCUT2D eigenvalue weighted by Crippen LogP contribution is 2.38. The lowest BCUT2D eigenvalue weighted by molar-refractivity contribution is 0.194. The van der Waals surface area contributed by atoms with E-state index in [1.165, 1.54) is 18.2 Å². The number of urea groups is 1. The number of rotatable bonds is 3. The highest BCUT2D eigenvalue weighted by atomic mass is 19.1. The fourth-order valence-electron chi connectivity index (χ4n) is 5.01. The molecule has 0 saturated heterocycles. The zero-order valence-corrected chi connectivity index (χ0v) is 20.9. The van der Waals surface area contributed by atoms with Crippen LogP contribution in [0.4, 0.5) is 19.3 Å². The maximum atomic E-state index is 14.3. The fourth-order valence-corrected chi connectivity index (χ4v) is 5.01. The number of hydrogen-bond donors (Lipinski definition) is 1. The van der Waals surface area contributed by atoms with Crippen molar-refractivity contribution in [2.75, 3.05) is 5.32 Å². The van der Waals surface area contributed by atoms with Crippen LogP contribution in [0.2, 0.25) is 0 Å². The van der Waals surface area contributed by atoms with Crippen LogP contribution in [0, 0.1) is 25.5 Å². The van der Waals surface area contributed by atoms with Crippen LogP contribution in [-0.2, 0) is 6.54 Å². The summed E-state index contributed by atoms with van der Waals surface area (Å²) in [4.78, 5) is 15.6. The van der Waals surface area contributed by atoms with Gasteiger partial charge in [0.1, 0.15) is 17.5 Å². The van der Waals surface area contributed by atoms with Crippen LogP contribution in [0.1, 0.15) is 34.1 Å². The van der Waals surface area contributed by atoms with Crippen LogP contribution < -0.4 is 5.32 Å². The summed E-state index contributed by atoms with van der Waals surface area (Å²) >= 11 is 0. The first kappa shape index (κ1) is 23.7. The minimum absolute atomic E-state index is 0.234. The molecule has 0 spiro atoms. The third-order valence-electron chi connectivity index (χ3n) is 6.96. The molecule has 0 saturated carbocycles. The van der Waals surface area contributed by atoms with Crippen molar-refractivity contribution < 1.29 is 13.6 Å². The molecular weight excluding hydrogens is 484 g/mol. The number of nitrogens with one attached hydrogen (secondary N) is 1. The molecule has 6 nitrogen and oxygen atoms in total. The van der Waals surface area contributed by atoms with Gasteiger partial charge in [0, 0.05) is 17.4 Å². The van der Waals surface area contributed by atoms with Crippen LogP contribution in [0.5, 0.6) is 0 Å². The minimum Gasteiger partial charge on any atom is -0.308 e. The van der Waals surface area contributed by atoms with Crippen molar-refractivity contribution in [2.24, 2.45) is 0 Å². The maximum absolute atomic E-state index is 14.3. The van der Waals surface area contributed by atoms with Gasteiger partial charge in [-0.2, -0.15) is 5.10 Å². The molecule has 38 heavy (non-hydrogen) atoms. The van der Waals surface area contributed by atoms with Gasteiger partial charge in [-0.15, -0.1) is 0 Å². The third-order valence-corrected chi connectivity index (χ3v) is 6.96. The van der Waals surface area contributed by atoms with Gasteiger partial charge in [-0.25, -0.2) is 18.3 Å². The first-order valence-corrected chi connectivity index (χ1v) is 12.3. The number of halogens is 2. The van der Waals surface area contributed by atoms with Gasteiger partial charge in [-0.1, -0.05) is 36.4 Å². The summed E-state index contributed by atoms with van der Waals surface area (Å²) in [5.41, 5.74) is 4.96. The number of para-hydroxylation sites is 1. The first-order chi connectivity index (χ1) is 18.4. The van der Waals surface area contributed by atoms with E-state index in [-0.39, 0.29) is 12.4 Å². The SMILES string of the molecule is Cc1ccc(NC(=O)N2Cc3c(C)nn(-c4ccccc4)c3-n3cccc3[C@@H]2c2ccc(F)cc2)cc1F. The summed E-state index contributed by atoms with van der Waals surface area (Å²) in [6, 6.07) is 23.5.